The van der Waals surface area contributed by atoms with Crippen LogP contribution in [0, 0.1) is 12.8 Å². The van der Waals surface area contributed by atoms with Gasteiger partial charge in [-0.15, -0.1) is 5.76 Å². The summed E-state index contributed by atoms with van der Waals surface area (Å²) in [4.78, 5) is 0. The lowest BCUT2D eigenvalue weighted by Crippen LogP contribution is -2.09. The lowest BCUT2D eigenvalue weighted by atomic mass is 10.0. The van der Waals surface area contributed by atoms with Crippen molar-refractivity contribution in [2.24, 2.45) is 5.92 Å². The van der Waals surface area contributed by atoms with Crippen LogP contribution >= 0.6 is 0 Å². The van der Waals surface area contributed by atoms with Crippen LogP contribution in [0.25, 0.3) is 0 Å². The molecule has 0 fully saturated rings. The van der Waals surface area contributed by atoms with Gasteiger partial charge in [-0.3, -0.25) is 0 Å². The Balaban J connectivity index is 2.59. The van der Waals surface area contributed by atoms with Crippen molar-refractivity contribution in [3.8, 4) is 0 Å². The Morgan fingerprint density at radius 1 is 1.75 bits per heavy atom. The van der Waals surface area contributed by atoms with Crippen molar-refractivity contribution >= 4 is 0 Å². The van der Waals surface area contributed by atoms with Gasteiger partial charge in [-0.25, -0.2) is 0 Å². The van der Waals surface area contributed by atoms with Crippen LogP contribution in [-0.2, 0) is 0 Å². The fourth-order valence-corrected chi connectivity index (χ4v) is 0.715. The fourth-order valence-electron chi connectivity index (χ4n) is 0.715. The molecule has 1 nitrogen and oxygen atoms in total. The van der Waals surface area contributed by atoms with Crippen molar-refractivity contribution < 1.29 is 5.11 Å². The maximum absolute atomic E-state index is 10.5. The van der Waals surface area contributed by atoms with Gasteiger partial charge in [0.2, 0.25) is 0 Å². The van der Waals surface area contributed by atoms with E-state index in [0.29, 0.717) is 6.42 Å². The van der Waals surface area contributed by atoms with E-state index in [-0.39, 0.29) is 11.7 Å². The van der Waals surface area contributed by atoms with Crippen LogP contribution in [0.3, 0.4) is 0 Å². The summed E-state index contributed by atoms with van der Waals surface area (Å²) in [5.41, 5.74) is 0. The number of hydrogen-bond donors (Lipinski definition) is 0. The molecule has 0 aromatic carbocycles. The van der Waals surface area contributed by atoms with Gasteiger partial charge >= 0.3 is 0 Å². The topological polar surface area (TPSA) is 23.1 Å². The molecule has 0 bridgehead atoms. The van der Waals surface area contributed by atoms with Crippen LogP contribution in [0.15, 0.2) is 24.0 Å². The lowest BCUT2D eigenvalue weighted by molar-refractivity contribution is -0.307. The van der Waals surface area contributed by atoms with E-state index in [0.717, 1.165) is 0 Å². The second kappa shape index (κ2) is 1.95. The highest BCUT2D eigenvalue weighted by Crippen LogP contribution is 2.12. The summed E-state index contributed by atoms with van der Waals surface area (Å²) in [6, 6.07) is 0. The molecule has 0 radical (unpaired) electrons. The van der Waals surface area contributed by atoms with Crippen LogP contribution in [0.4, 0.5) is 0 Å². The minimum Gasteiger partial charge on any atom is -0.875 e. The standard InChI is InChI=1S/C7H8O/c1-6-3-2-4-7(8)5-6/h2-4,6H,1,5H2. The van der Waals surface area contributed by atoms with Crippen molar-refractivity contribution in [2.75, 3.05) is 0 Å². The summed E-state index contributed by atoms with van der Waals surface area (Å²) in [5.74, 6) is 0.389. The van der Waals surface area contributed by atoms with Crippen molar-refractivity contribution in [1.29, 1.82) is 0 Å². The van der Waals surface area contributed by atoms with Crippen molar-refractivity contribution in [3.63, 3.8) is 0 Å². The van der Waals surface area contributed by atoms with Gasteiger partial charge < -0.3 is 5.11 Å². The largest absolute Gasteiger partial charge is 0.875 e. The second-order valence-electron chi connectivity index (χ2n) is 1.98. The normalized spacial score (nSPS) is 27.5. The molecule has 0 aliphatic heterocycles. The monoisotopic (exact) mass is 108 g/mol. The Bertz CT molecular complexity index is 133. The van der Waals surface area contributed by atoms with E-state index in [1.807, 2.05) is 6.08 Å². The maximum Gasteiger partial charge on any atom is 0.116 e. The predicted octanol–water partition coefficient (Wildman–Crippen LogP) is 0.641. The average Bonchev–Trinajstić information content (AvgIpc) is 1.64. The molecule has 0 saturated carbocycles. The lowest BCUT2D eigenvalue weighted by Gasteiger charge is -2.13. The zero-order valence-corrected chi connectivity index (χ0v) is 4.63. The Morgan fingerprint density at radius 3 is 2.88 bits per heavy atom. The fraction of sp³-hybridized carbons (Fsp3) is 0.286. The van der Waals surface area contributed by atoms with Gasteiger partial charge in [0.25, 0.3) is 0 Å². The summed E-state index contributed by atoms with van der Waals surface area (Å²) in [6.45, 7) is 3.72. The average molecular weight is 108 g/mol. The first-order valence-corrected chi connectivity index (χ1v) is 2.66. The molecule has 0 amide bonds. The van der Waals surface area contributed by atoms with Crippen LogP contribution in [0.2, 0.25) is 0 Å². The molecule has 1 aliphatic rings. The quantitative estimate of drug-likeness (QED) is 0.417. The second-order valence-corrected chi connectivity index (χ2v) is 1.98. The summed E-state index contributed by atoms with van der Waals surface area (Å²) < 4.78 is 0. The Morgan fingerprint density at radius 2 is 2.50 bits per heavy atom. The molecule has 8 heavy (non-hydrogen) atoms. The zero-order valence-electron chi connectivity index (χ0n) is 4.63. The van der Waals surface area contributed by atoms with Crippen LogP contribution < -0.4 is 5.11 Å². The molecule has 1 rings (SSSR count). The minimum atomic E-state index is 0.188. The third kappa shape index (κ3) is 1.06. The van der Waals surface area contributed by atoms with Crippen molar-refractivity contribution in [3.05, 3.63) is 30.9 Å². The number of hydrogen-bond acceptors (Lipinski definition) is 1. The molecule has 42 valence electrons. The van der Waals surface area contributed by atoms with Crippen molar-refractivity contribution in [2.45, 2.75) is 6.42 Å². The maximum atomic E-state index is 10.5. The van der Waals surface area contributed by atoms with Crippen molar-refractivity contribution in [1.82, 2.24) is 0 Å². The van der Waals surface area contributed by atoms with Gasteiger partial charge in [0.1, 0.15) is 5.92 Å². The van der Waals surface area contributed by atoms with E-state index >= 15 is 0 Å². The first-order chi connectivity index (χ1) is 3.79. The minimum absolute atomic E-state index is 0.188. The van der Waals surface area contributed by atoms with E-state index in [1.165, 1.54) is 0 Å². The molecule has 0 aromatic rings. The van der Waals surface area contributed by atoms with E-state index in [2.05, 4.69) is 6.92 Å². The molecule has 0 heterocycles. The Kier molecular flexibility index (Phi) is 1.29. The SMILES string of the molecule is [CH2+]C1C=CC=C([O-])C1. The van der Waals surface area contributed by atoms with Gasteiger partial charge in [0.05, 0.1) is 6.92 Å². The first kappa shape index (κ1) is 5.29. The molecular weight excluding hydrogens is 100 g/mol. The third-order valence-corrected chi connectivity index (χ3v) is 1.13. The van der Waals surface area contributed by atoms with Gasteiger partial charge in [0, 0.05) is 6.42 Å². The smallest absolute Gasteiger partial charge is 0.116 e. The molecule has 0 N–H and O–H groups in total. The highest BCUT2D eigenvalue weighted by Gasteiger charge is 2.03. The summed E-state index contributed by atoms with van der Waals surface area (Å²) in [5, 5.41) is 10.5. The summed E-state index contributed by atoms with van der Waals surface area (Å²) >= 11 is 0. The van der Waals surface area contributed by atoms with E-state index in [1.54, 1.807) is 12.2 Å². The highest BCUT2D eigenvalue weighted by atomic mass is 16.3. The zero-order chi connectivity index (χ0) is 5.98. The van der Waals surface area contributed by atoms with Crippen LogP contribution in [0.1, 0.15) is 6.42 Å². The molecule has 1 atom stereocenters. The van der Waals surface area contributed by atoms with Crippen LogP contribution in [-0.4, -0.2) is 0 Å². The Labute approximate surface area is 49.3 Å². The summed E-state index contributed by atoms with van der Waals surface area (Å²) in [6.07, 6.45) is 5.86. The van der Waals surface area contributed by atoms with E-state index in [9.17, 15) is 5.11 Å². The first-order valence-electron chi connectivity index (χ1n) is 2.66. The third-order valence-electron chi connectivity index (χ3n) is 1.13. The predicted molar refractivity (Wildman–Crippen MR) is 30.7 cm³/mol. The number of allylic oxidation sites excluding steroid dienone is 4. The molecule has 1 unspecified atom stereocenters. The molecule has 1 heteroatoms. The van der Waals surface area contributed by atoms with E-state index < -0.39 is 0 Å². The van der Waals surface area contributed by atoms with Gasteiger partial charge in [-0.05, 0) is 6.08 Å². The van der Waals surface area contributed by atoms with Gasteiger partial charge in [-0.1, -0.05) is 12.2 Å². The van der Waals surface area contributed by atoms with Crippen LogP contribution in [0.5, 0.6) is 0 Å². The van der Waals surface area contributed by atoms with E-state index in [4.69, 9.17) is 0 Å². The number of rotatable bonds is 0. The van der Waals surface area contributed by atoms with Gasteiger partial charge in [-0.2, -0.15) is 0 Å². The molecule has 0 aromatic heterocycles. The highest BCUT2D eigenvalue weighted by molar-refractivity contribution is 5.14. The molecule has 0 saturated heterocycles. The van der Waals surface area contributed by atoms with Gasteiger partial charge in [0.15, 0.2) is 0 Å². The molecule has 1 aliphatic carbocycles. The Hall–Kier alpha value is -0.850. The summed E-state index contributed by atoms with van der Waals surface area (Å²) in [7, 11) is 0. The molecular formula is C7H8O. The molecule has 0 spiro atoms.